The van der Waals surface area contributed by atoms with Gasteiger partial charge in [-0.2, -0.15) is 11.8 Å². The Morgan fingerprint density at radius 1 is 0.791 bits per heavy atom. The fourth-order valence-corrected chi connectivity index (χ4v) is 12.5. The van der Waals surface area contributed by atoms with Crippen LogP contribution in [0.2, 0.25) is 0 Å². The lowest BCUT2D eigenvalue weighted by molar-refractivity contribution is -0.223. The molecule has 9 nitrogen and oxygen atoms in total. The summed E-state index contributed by atoms with van der Waals surface area (Å²) >= 11 is 1.94. The van der Waals surface area contributed by atoms with Crippen LogP contribution in [0.5, 0.6) is 11.5 Å². The normalized spacial score (nSPS) is 22.4. The summed E-state index contributed by atoms with van der Waals surface area (Å²) in [7, 11) is 1.63. The number of oxime groups is 1. The molecular weight excluding hydrogens is 857 g/mol. The quantitative estimate of drug-likeness (QED) is 0.0338. The number of carbonyl (C=O) groups excluding carboxylic acids is 1. The molecule has 0 saturated heterocycles. The number of aliphatic hydroxyl groups is 2. The summed E-state index contributed by atoms with van der Waals surface area (Å²) in [6, 6.07) is 5.87. The molecule has 4 rings (SSSR count). The number of hydrogen-bond donors (Lipinski definition) is 3. The predicted octanol–water partition coefficient (Wildman–Crippen LogP) is 15.2. The number of unbranched alkanes of at least 4 members (excludes halogenated alkanes) is 24. The molecule has 1 amide bonds. The number of fused-ring (bicyclic) bond motifs is 2. The van der Waals surface area contributed by atoms with Crippen molar-refractivity contribution in [1.82, 2.24) is 5.32 Å². The van der Waals surface area contributed by atoms with Gasteiger partial charge in [-0.1, -0.05) is 185 Å². The molecule has 3 N–H and O–H groups in total. The molecule has 0 spiro atoms. The minimum absolute atomic E-state index is 0.0452. The van der Waals surface area contributed by atoms with Crippen LogP contribution < -0.4 is 14.8 Å². The lowest BCUT2D eigenvalue weighted by atomic mass is 9.56. The summed E-state index contributed by atoms with van der Waals surface area (Å²) in [5, 5.41) is 27.5. The number of aliphatic hydroxyl groups excluding tert-OH is 2. The van der Waals surface area contributed by atoms with Crippen molar-refractivity contribution in [2.45, 2.75) is 230 Å². The van der Waals surface area contributed by atoms with Gasteiger partial charge in [-0.25, -0.2) is 4.79 Å². The molecule has 1 heterocycles. The molecule has 382 valence electrons. The molecule has 1 aromatic rings. The number of ether oxygens (including phenoxy) is 3. The van der Waals surface area contributed by atoms with Gasteiger partial charge in [0.15, 0.2) is 0 Å². The third-order valence-corrected chi connectivity index (χ3v) is 16.1. The molecule has 1 fully saturated rings. The zero-order chi connectivity index (χ0) is 47.8. The van der Waals surface area contributed by atoms with Crippen LogP contribution in [0.25, 0.3) is 0 Å². The fraction of sp³-hybridized carbons (Fsp3) is 0.789. The van der Waals surface area contributed by atoms with Gasteiger partial charge >= 0.3 is 6.09 Å². The summed E-state index contributed by atoms with van der Waals surface area (Å²) in [5.41, 5.74) is 3.08. The molecule has 67 heavy (non-hydrogen) atoms. The van der Waals surface area contributed by atoms with Gasteiger partial charge in [0, 0.05) is 37.7 Å². The highest BCUT2D eigenvalue weighted by Crippen LogP contribution is 2.62. The molecule has 1 saturated carbocycles. The SMILES string of the molecule is C=CCO[C@@]12Oc3ccc(OC(=O)NCCCCCCCCCCCC)cc3[C@H]3[C@H](CCCCO)[C@@H](CCCCO)C=C(C(=NOC)C[C@@H]1SCCCCCCCCCCCCCCCC)[C@H]32. The number of hydrogen-bond acceptors (Lipinski definition) is 9. The van der Waals surface area contributed by atoms with Crippen LogP contribution in [0.4, 0.5) is 4.79 Å². The average molecular weight is 953 g/mol. The largest absolute Gasteiger partial charge is 0.460 e. The van der Waals surface area contributed by atoms with Crippen molar-refractivity contribution >= 4 is 23.6 Å². The summed E-state index contributed by atoms with van der Waals surface area (Å²) < 4.78 is 20.4. The van der Waals surface area contributed by atoms with Crippen LogP contribution in [0.1, 0.15) is 224 Å². The van der Waals surface area contributed by atoms with Gasteiger partial charge < -0.3 is 34.6 Å². The van der Waals surface area contributed by atoms with Gasteiger partial charge in [0.05, 0.1) is 23.5 Å². The van der Waals surface area contributed by atoms with E-state index in [4.69, 9.17) is 24.2 Å². The van der Waals surface area contributed by atoms with E-state index < -0.39 is 11.9 Å². The second-order valence-electron chi connectivity index (χ2n) is 19.9. The lowest BCUT2D eigenvalue weighted by Crippen LogP contribution is -2.64. The van der Waals surface area contributed by atoms with E-state index in [1.807, 2.05) is 36.0 Å². The maximum atomic E-state index is 13.2. The summed E-state index contributed by atoms with van der Waals surface area (Å²) in [4.78, 5) is 18.9. The van der Waals surface area contributed by atoms with E-state index in [9.17, 15) is 15.0 Å². The van der Waals surface area contributed by atoms with Crippen LogP contribution in [-0.2, 0) is 9.57 Å². The van der Waals surface area contributed by atoms with Gasteiger partial charge in [0.2, 0.25) is 5.79 Å². The molecule has 3 aliphatic rings. The molecule has 1 aromatic carbocycles. The number of amides is 1. The topological polar surface area (TPSA) is 119 Å². The maximum Gasteiger partial charge on any atom is 0.412 e. The Morgan fingerprint density at radius 3 is 1.93 bits per heavy atom. The molecule has 6 atom stereocenters. The Bertz CT molecular complexity index is 1550. The number of thioether (sulfide) groups is 1. The molecule has 10 heteroatoms. The molecular formula is C57H96N2O7S. The van der Waals surface area contributed by atoms with E-state index in [1.165, 1.54) is 135 Å². The fourth-order valence-electron chi connectivity index (χ4n) is 11.1. The van der Waals surface area contributed by atoms with Crippen LogP contribution in [-0.4, -0.2) is 72.3 Å². The zero-order valence-corrected chi connectivity index (χ0v) is 43.5. The highest BCUT2D eigenvalue weighted by atomic mass is 32.2. The first-order valence-corrected chi connectivity index (χ1v) is 28.7. The van der Waals surface area contributed by atoms with Crippen LogP contribution in [0, 0.1) is 17.8 Å². The van der Waals surface area contributed by atoms with Crippen molar-refractivity contribution < 1.29 is 34.1 Å². The summed E-state index contributed by atoms with van der Waals surface area (Å²) in [6.45, 7) is 9.87. The minimum Gasteiger partial charge on any atom is -0.460 e. The van der Waals surface area contributed by atoms with Crippen molar-refractivity contribution in [3.63, 3.8) is 0 Å². The van der Waals surface area contributed by atoms with Crippen LogP contribution in [0.15, 0.2) is 47.7 Å². The molecule has 0 unspecified atom stereocenters. The van der Waals surface area contributed by atoms with E-state index in [2.05, 4.69) is 31.8 Å². The number of carbonyl (C=O) groups is 1. The summed E-state index contributed by atoms with van der Waals surface area (Å²) in [5.74, 6) is 1.40. The lowest BCUT2D eigenvalue weighted by Gasteiger charge is -2.58. The first kappa shape index (κ1) is 57.1. The number of benzene rings is 1. The van der Waals surface area contributed by atoms with Crippen molar-refractivity contribution in [3.8, 4) is 11.5 Å². The Morgan fingerprint density at radius 2 is 1.36 bits per heavy atom. The third-order valence-electron chi connectivity index (χ3n) is 14.6. The number of rotatable bonds is 40. The van der Waals surface area contributed by atoms with Crippen molar-refractivity contribution in [2.75, 3.05) is 39.2 Å². The molecule has 0 aromatic heterocycles. The highest BCUT2D eigenvalue weighted by Gasteiger charge is 2.64. The maximum absolute atomic E-state index is 13.2. The summed E-state index contributed by atoms with van der Waals surface area (Å²) in [6.07, 6.45) is 40.7. The van der Waals surface area contributed by atoms with Crippen molar-refractivity contribution in [1.29, 1.82) is 0 Å². The van der Waals surface area contributed by atoms with Gasteiger partial charge in [0.25, 0.3) is 0 Å². The monoisotopic (exact) mass is 953 g/mol. The minimum atomic E-state index is -0.995. The van der Waals surface area contributed by atoms with Gasteiger partial charge in [-0.15, -0.1) is 6.58 Å². The number of nitrogens with one attached hydrogen (secondary N) is 1. The average Bonchev–Trinajstić information content (AvgIpc) is 3.33. The molecule has 0 bridgehead atoms. The third kappa shape index (κ3) is 19.3. The van der Waals surface area contributed by atoms with Crippen LogP contribution in [0.3, 0.4) is 0 Å². The van der Waals surface area contributed by atoms with E-state index >= 15 is 0 Å². The van der Waals surface area contributed by atoms with E-state index in [0.717, 1.165) is 86.1 Å². The Kier molecular flexibility index (Phi) is 29.6. The van der Waals surface area contributed by atoms with Crippen molar-refractivity contribution in [2.24, 2.45) is 22.9 Å². The van der Waals surface area contributed by atoms with Crippen molar-refractivity contribution in [3.05, 3.63) is 48.1 Å². The van der Waals surface area contributed by atoms with E-state index in [0.29, 0.717) is 25.3 Å². The predicted molar refractivity (Wildman–Crippen MR) is 281 cm³/mol. The number of allylic oxidation sites excluding steroid dienone is 1. The second-order valence-corrected chi connectivity index (χ2v) is 21.2. The Labute approximate surface area is 412 Å². The first-order valence-electron chi connectivity index (χ1n) is 27.7. The van der Waals surface area contributed by atoms with Crippen LogP contribution >= 0.6 is 11.8 Å². The molecule has 2 aliphatic carbocycles. The molecule has 1 aliphatic heterocycles. The molecule has 0 radical (unpaired) electrons. The number of nitrogens with zero attached hydrogens (tertiary/aromatic N) is 1. The smallest absolute Gasteiger partial charge is 0.412 e. The van der Waals surface area contributed by atoms with E-state index in [1.54, 1.807) is 7.11 Å². The van der Waals surface area contributed by atoms with E-state index in [-0.39, 0.29) is 42.1 Å². The Hall–Kier alpha value is -2.53. The first-order chi connectivity index (χ1) is 33.0. The zero-order valence-electron chi connectivity index (χ0n) is 42.7. The van der Waals surface area contributed by atoms with Gasteiger partial charge in [-0.3, -0.25) is 0 Å². The Balaban J connectivity index is 1.51. The standard InChI is InChI=1S/C57H96N2O7S/c1-5-8-10-12-14-16-18-19-20-21-23-25-27-33-42-67-53-45-51(59-63-4)49-43-46(34-28-31-39-60)48(35-29-32-40-61)54-50-44-47(36-37-52(50)66-57(53,55(49)54)64-41-7-3)65-56(62)58-38-30-26-24-22-17-15-13-11-9-6-2/h7,36-37,43-44,46,48,53-55,60-61H,3,5-6,8-35,38-42,45H2,1-2,4H3,(H,58,62)/t46-,48+,53-,54+,55+,57+/m0/s1. The van der Waals surface area contributed by atoms with Gasteiger partial charge in [-0.05, 0) is 79.9 Å². The second kappa shape index (κ2) is 34.7. The van der Waals surface area contributed by atoms with Gasteiger partial charge in [0.1, 0.15) is 18.6 Å². The highest BCUT2D eigenvalue weighted by molar-refractivity contribution is 8.00.